The van der Waals surface area contributed by atoms with Gasteiger partial charge in [0, 0.05) is 6.42 Å². The van der Waals surface area contributed by atoms with Gasteiger partial charge in [-0.25, -0.2) is 0 Å². The van der Waals surface area contributed by atoms with Gasteiger partial charge in [0.1, 0.15) is 5.78 Å². The predicted octanol–water partition coefficient (Wildman–Crippen LogP) is 5.71. The van der Waals surface area contributed by atoms with Crippen LogP contribution in [0.4, 0.5) is 0 Å². The van der Waals surface area contributed by atoms with Crippen LogP contribution in [0.3, 0.4) is 0 Å². The molecule has 2 nitrogen and oxygen atoms in total. The quantitative estimate of drug-likeness (QED) is 0.247. The van der Waals surface area contributed by atoms with Gasteiger partial charge >= 0.3 is 0 Å². The van der Waals surface area contributed by atoms with Gasteiger partial charge in [-0.15, -0.1) is 0 Å². The van der Waals surface area contributed by atoms with Crippen LogP contribution in [0.1, 0.15) is 65.2 Å². The Morgan fingerprint density at radius 1 is 0.870 bits per heavy atom. The fourth-order valence-electron chi connectivity index (χ4n) is 2.38. The summed E-state index contributed by atoms with van der Waals surface area (Å²) in [4.78, 5) is 10.8. The SMILES string of the molecule is CCC1OC1C/C=C\C/C=C\C/C=C\C/C=C\CCCC(C)=O. The molecular weight excluding hydrogens is 284 g/mol. The summed E-state index contributed by atoms with van der Waals surface area (Å²) in [5.74, 6) is 0.283. The Kier molecular flexibility index (Phi) is 11.2. The Morgan fingerprint density at radius 3 is 1.96 bits per heavy atom. The lowest BCUT2D eigenvalue weighted by molar-refractivity contribution is -0.117. The molecule has 1 rings (SSSR count). The monoisotopic (exact) mass is 316 g/mol. The van der Waals surface area contributed by atoms with E-state index in [1.165, 1.54) is 0 Å². The smallest absolute Gasteiger partial charge is 0.129 e. The van der Waals surface area contributed by atoms with Crippen LogP contribution >= 0.6 is 0 Å². The number of ether oxygens (including phenoxy) is 1. The van der Waals surface area contributed by atoms with E-state index in [2.05, 4.69) is 55.5 Å². The van der Waals surface area contributed by atoms with E-state index in [1.807, 2.05) is 0 Å². The Labute approximate surface area is 142 Å². The normalized spacial score (nSPS) is 21.3. The highest BCUT2D eigenvalue weighted by molar-refractivity contribution is 5.75. The number of allylic oxidation sites excluding steroid dienone is 7. The molecule has 0 saturated carbocycles. The fraction of sp³-hybridized carbons (Fsp3) is 0.571. The number of unbranched alkanes of at least 4 members (excludes halogenated alkanes) is 1. The van der Waals surface area contributed by atoms with Gasteiger partial charge in [0.25, 0.3) is 0 Å². The summed E-state index contributed by atoms with van der Waals surface area (Å²) >= 11 is 0. The minimum Gasteiger partial charge on any atom is -0.369 e. The van der Waals surface area contributed by atoms with E-state index >= 15 is 0 Å². The van der Waals surface area contributed by atoms with E-state index in [9.17, 15) is 4.79 Å². The minimum absolute atomic E-state index is 0.283. The Bertz CT molecular complexity index is 429. The van der Waals surface area contributed by atoms with Gasteiger partial charge in [0.05, 0.1) is 12.2 Å². The van der Waals surface area contributed by atoms with Crippen LogP contribution in [0.5, 0.6) is 0 Å². The first-order chi connectivity index (χ1) is 11.2. The van der Waals surface area contributed by atoms with E-state index in [0.717, 1.165) is 44.9 Å². The molecule has 0 aromatic rings. The van der Waals surface area contributed by atoms with Crippen LogP contribution in [-0.4, -0.2) is 18.0 Å². The number of ketones is 1. The van der Waals surface area contributed by atoms with Crippen molar-refractivity contribution >= 4 is 5.78 Å². The van der Waals surface area contributed by atoms with Crippen molar-refractivity contribution in [3.8, 4) is 0 Å². The third kappa shape index (κ3) is 11.8. The molecule has 0 aromatic heterocycles. The van der Waals surface area contributed by atoms with Crippen molar-refractivity contribution < 1.29 is 9.53 Å². The van der Waals surface area contributed by atoms with Crippen molar-refractivity contribution in [2.75, 3.05) is 0 Å². The van der Waals surface area contributed by atoms with E-state index in [0.29, 0.717) is 18.6 Å². The predicted molar refractivity (Wildman–Crippen MR) is 98.5 cm³/mol. The van der Waals surface area contributed by atoms with Gasteiger partial charge < -0.3 is 9.53 Å². The molecule has 1 aliphatic heterocycles. The van der Waals surface area contributed by atoms with Crippen LogP contribution in [0, 0.1) is 0 Å². The van der Waals surface area contributed by atoms with Gasteiger partial charge in [0.15, 0.2) is 0 Å². The molecule has 0 bridgehead atoms. The second-order valence-corrected chi connectivity index (χ2v) is 6.04. The summed E-state index contributed by atoms with van der Waals surface area (Å²) in [5.41, 5.74) is 0. The maximum Gasteiger partial charge on any atom is 0.129 e. The molecule has 23 heavy (non-hydrogen) atoms. The largest absolute Gasteiger partial charge is 0.369 e. The molecule has 1 saturated heterocycles. The first-order valence-electron chi connectivity index (χ1n) is 8.99. The van der Waals surface area contributed by atoms with E-state index < -0.39 is 0 Å². The second kappa shape index (κ2) is 13.1. The molecule has 1 aliphatic rings. The van der Waals surface area contributed by atoms with Gasteiger partial charge in [-0.1, -0.05) is 55.5 Å². The fourth-order valence-corrected chi connectivity index (χ4v) is 2.38. The summed E-state index contributed by atoms with van der Waals surface area (Å²) in [6.45, 7) is 3.83. The second-order valence-electron chi connectivity index (χ2n) is 6.04. The average Bonchev–Trinajstić information content (AvgIpc) is 3.29. The van der Waals surface area contributed by atoms with E-state index in [4.69, 9.17) is 4.74 Å². The first kappa shape index (κ1) is 19.6. The lowest BCUT2D eigenvalue weighted by atomic mass is 10.2. The lowest BCUT2D eigenvalue weighted by Gasteiger charge is -1.90. The van der Waals surface area contributed by atoms with Crippen molar-refractivity contribution in [1.29, 1.82) is 0 Å². The van der Waals surface area contributed by atoms with Crippen molar-refractivity contribution in [3.05, 3.63) is 48.6 Å². The molecule has 0 radical (unpaired) electrons. The molecule has 1 heterocycles. The summed E-state index contributed by atoms with van der Waals surface area (Å²) < 4.78 is 5.49. The van der Waals surface area contributed by atoms with Crippen molar-refractivity contribution in [2.24, 2.45) is 0 Å². The Morgan fingerprint density at radius 2 is 1.43 bits per heavy atom. The zero-order valence-electron chi connectivity index (χ0n) is 14.7. The number of rotatable bonds is 13. The Hall–Kier alpha value is -1.41. The summed E-state index contributed by atoms with van der Waals surface area (Å²) in [6, 6.07) is 0. The topological polar surface area (TPSA) is 29.6 Å². The van der Waals surface area contributed by atoms with Gasteiger partial charge in [-0.05, 0) is 51.9 Å². The van der Waals surface area contributed by atoms with E-state index in [-0.39, 0.29) is 5.78 Å². The van der Waals surface area contributed by atoms with Gasteiger partial charge in [0.2, 0.25) is 0 Å². The maximum atomic E-state index is 10.8. The zero-order chi connectivity index (χ0) is 16.8. The molecule has 1 fully saturated rings. The number of hydrogen-bond acceptors (Lipinski definition) is 2. The average molecular weight is 316 g/mol. The zero-order valence-corrected chi connectivity index (χ0v) is 14.7. The molecule has 128 valence electrons. The highest BCUT2D eigenvalue weighted by Crippen LogP contribution is 2.28. The molecule has 0 N–H and O–H groups in total. The maximum absolute atomic E-state index is 10.8. The van der Waals surface area contributed by atoms with Crippen molar-refractivity contribution in [2.45, 2.75) is 77.4 Å². The number of hydrogen-bond donors (Lipinski definition) is 0. The number of carbonyl (C=O) groups excluding carboxylic acids is 1. The van der Waals surface area contributed by atoms with Crippen molar-refractivity contribution in [3.63, 3.8) is 0 Å². The third-order valence-electron chi connectivity index (χ3n) is 3.84. The van der Waals surface area contributed by atoms with Crippen molar-refractivity contribution in [1.82, 2.24) is 0 Å². The molecule has 2 atom stereocenters. The molecular formula is C21H32O2. The number of carbonyl (C=O) groups is 1. The number of epoxide rings is 1. The van der Waals surface area contributed by atoms with E-state index in [1.54, 1.807) is 6.92 Å². The standard InChI is InChI=1S/C21H32O2/c1-3-20-21(23-20)18-16-14-12-10-8-6-4-5-7-9-11-13-15-17-19(2)22/h4-5,8-11,14,16,20-21H,3,6-7,12-13,15,17-18H2,1-2H3/b5-4-,10-8-,11-9-,16-14-. The molecule has 0 amide bonds. The summed E-state index contributed by atoms with van der Waals surface area (Å²) in [6.07, 6.45) is 26.5. The van der Waals surface area contributed by atoms with Crippen LogP contribution in [0.25, 0.3) is 0 Å². The number of Topliss-reactive ketones (excluding diaryl/α,β-unsaturated/α-hetero) is 1. The lowest BCUT2D eigenvalue weighted by Crippen LogP contribution is -1.88. The highest BCUT2D eigenvalue weighted by atomic mass is 16.6. The van der Waals surface area contributed by atoms with Crippen LogP contribution in [-0.2, 0) is 9.53 Å². The minimum atomic E-state index is 0.283. The molecule has 0 aliphatic carbocycles. The van der Waals surface area contributed by atoms with Gasteiger partial charge in [-0.2, -0.15) is 0 Å². The van der Waals surface area contributed by atoms with Crippen LogP contribution < -0.4 is 0 Å². The molecule has 0 aromatic carbocycles. The third-order valence-corrected chi connectivity index (χ3v) is 3.84. The molecule has 0 spiro atoms. The summed E-state index contributed by atoms with van der Waals surface area (Å²) in [7, 11) is 0. The Balaban J connectivity index is 1.90. The van der Waals surface area contributed by atoms with Crippen LogP contribution in [0.2, 0.25) is 0 Å². The van der Waals surface area contributed by atoms with Gasteiger partial charge in [-0.3, -0.25) is 0 Å². The summed E-state index contributed by atoms with van der Waals surface area (Å²) in [5, 5.41) is 0. The molecule has 2 unspecified atom stereocenters. The molecule has 2 heteroatoms. The first-order valence-corrected chi connectivity index (χ1v) is 8.99. The highest BCUT2D eigenvalue weighted by Gasteiger charge is 2.35. The van der Waals surface area contributed by atoms with Crippen LogP contribution in [0.15, 0.2) is 48.6 Å².